The fraction of sp³-hybridized carbons (Fsp3) is 0.129. The van der Waals surface area contributed by atoms with Gasteiger partial charge >= 0.3 is 5.97 Å². The molecule has 0 radical (unpaired) electrons. The maximum absolute atomic E-state index is 13.2. The molecule has 0 bridgehead atoms. The molecule has 0 aliphatic heterocycles. The minimum absolute atomic E-state index is 0.262. The second kappa shape index (κ2) is 10.1. The van der Waals surface area contributed by atoms with Gasteiger partial charge in [0.25, 0.3) is 0 Å². The van der Waals surface area contributed by atoms with Crippen molar-refractivity contribution in [1.29, 1.82) is 0 Å². The second-order valence-corrected chi connectivity index (χ2v) is 10.00. The maximum atomic E-state index is 13.2. The molecular formula is C31H25BrN2O3. The number of rotatable bonds is 6. The largest absolute Gasteiger partial charge is 0.454 e. The highest BCUT2D eigenvalue weighted by Gasteiger charge is 2.18. The molecule has 5 aromatic rings. The number of ketones is 1. The number of fused-ring (bicyclic) bond motifs is 1. The SMILES string of the molecule is Cc1ccc2nc(-c3ccc(-n4c(C)ccc4C)cc3)cc(C(=O)OCC(=O)c3ccc(Br)cc3)c2c1. The van der Waals surface area contributed by atoms with E-state index in [0.29, 0.717) is 27.7 Å². The van der Waals surface area contributed by atoms with E-state index in [4.69, 9.17) is 9.72 Å². The van der Waals surface area contributed by atoms with Gasteiger partial charge < -0.3 is 9.30 Å². The summed E-state index contributed by atoms with van der Waals surface area (Å²) in [6.07, 6.45) is 0. The van der Waals surface area contributed by atoms with Crippen molar-refractivity contribution in [3.05, 3.63) is 117 Å². The average molecular weight is 553 g/mol. The summed E-state index contributed by atoms with van der Waals surface area (Å²) in [7, 11) is 0. The molecular weight excluding hydrogens is 528 g/mol. The van der Waals surface area contributed by atoms with Crippen molar-refractivity contribution in [3.8, 4) is 16.9 Å². The molecule has 0 N–H and O–H groups in total. The van der Waals surface area contributed by atoms with E-state index in [0.717, 1.165) is 32.7 Å². The van der Waals surface area contributed by atoms with Gasteiger partial charge in [0.2, 0.25) is 0 Å². The van der Waals surface area contributed by atoms with E-state index < -0.39 is 5.97 Å². The van der Waals surface area contributed by atoms with Gasteiger partial charge in [0, 0.05) is 38.1 Å². The van der Waals surface area contributed by atoms with Gasteiger partial charge in [0.05, 0.1) is 16.8 Å². The number of aromatic nitrogens is 2. The van der Waals surface area contributed by atoms with Gasteiger partial charge in [-0.2, -0.15) is 0 Å². The van der Waals surface area contributed by atoms with Crippen LogP contribution in [0.1, 0.15) is 37.7 Å². The highest BCUT2D eigenvalue weighted by atomic mass is 79.9. The molecule has 0 spiro atoms. The second-order valence-electron chi connectivity index (χ2n) is 9.08. The van der Waals surface area contributed by atoms with E-state index in [2.05, 4.69) is 46.5 Å². The Morgan fingerprint density at radius 2 is 1.51 bits per heavy atom. The number of Topliss-reactive ketones (excluding diaryl/α,β-unsaturated/α-hetero) is 1. The number of nitrogens with zero attached hydrogens (tertiary/aromatic N) is 2. The van der Waals surface area contributed by atoms with Crippen LogP contribution in [0.25, 0.3) is 27.8 Å². The first-order valence-electron chi connectivity index (χ1n) is 11.9. The van der Waals surface area contributed by atoms with Crippen LogP contribution in [0.5, 0.6) is 0 Å². The zero-order valence-corrected chi connectivity index (χ0v) is 22.4. The van der Waals surface area contributed by atoms with Gasteiger partial charge in [-0.3, -0.25) is 4.79 Å². The zero-order valence-electron chi connectivity index (χ0n) is 20.8. The standard InChI is InChI=1S/C31H25BrN2O3/c1-19-4-15-28-26(16-19)27(31(36)37-18-30(35)23-7-11-24(32)12-8-23)17-29(33-28)22-9-13-25(14-10-22)34-20(2)5-6-21(34)3/h4-17H,18H2,1-3H3. The van der Waals surface area contributed by atoms with Crippen molar-refractivity contribution in [2.75, 3.05) is 6.61 Å². The van der Waals surface area contributed by atoms with Gasteiger partial charge in [0.1, 0.15) is 0 Å². The van der Waals surface area contributed by atoms with Gasteiger partial charge in [-0.25, -0.2) is 9.78 Å². The quantitative estimate of drug-likeness (QED) is 0.162. The van der Waals surface area contributed by atoms with Gasteiger partial charge in [-0.05, 0) is 75.4 Å². The van der Waals surface area contributed by atoms with Crippen LogP contribution in [0.2, 0.25) is 0 Å². The van der Waals surface area contributed by atoms with Crippen LogP contribution in [0.4, 0.5) is 0 Å². The van der Waals surface area contributed by atoms with Gasteiger partial charge in [-0.1, -0.05) is 51.8 Å². The Bertz CT molecular complexity index is 1610. The summed E-state index contributed by atoms with van der Waals surface area (Å²) in [4.78, 5) is 30.6. The Hall–Kier alpha value is -4.03. The fourth-order valence-corrected chi connectivity index (χ4v) is 4.71. The number of hydrogen-bond acceptors (Lipinski definition) is 4. The summed E-state index contributed by atoms with van der Waals surface area (Å²) < 4.78 is 8.54. The van der Waals surface area contributed by atoms with Crippen LogP contribution in [0.15, 0.2) is 89.4 Å². The zero-order chi connectivity index (χ0) is 26.1. The van der Waals surface area contributed by atoms with Crippen LogP contribution in [0, 0.1) is 20.8 Å². The molecule has 6 heteroatoms. The first-order valence-corrected chi connectivity index (χ1v) is 12.7. The van der Waals surface area contributed by atoms with Crippen LogP contribution in [-0.2, 0) is 4.74 Å². The maximum Gasteiger partial charge on any atom is 0.339 e. The number of aryl methyl sites for hydroxylation is 3. The van der Waals surface area contributed by atoms with Crippen LogP contribution in [0.3, 0.4) is 0 Å². The van der Waals surface area contributed by atoms with Crippen molar-refractivity contribution in [2.45, 2.75) is 20.8 Å². The Morgan fingerprint density at radius 1 is 0.838 bits per heavy atom. The highest BCUT2D eigenvalue weighted by molar-refractivity contribution is 9.10. The minimum Gasteiger partial charge on any atom is -0.454 e. The molecule has 0 saturated carbocycles. The molecule has 5 nitrogen and oxygen atoms in total. The lowest BCUT2D eigenvalue weighted by atomic mass is 10.0. The smallest absolute Gasteiger partial charge is 0.339 e. The molecule has 3 aromatic carbocycles. The Balaban J connectivity index is 1.46. The third kappa shape index (κ3) is 5.11. The number of benzene rings is 3. The summed E-state index contributed by atoms with van der Waals surface area (Å²) >= 11 is 3.36. The van der Waals surface area contributed by atoms with E-state index in [1.165, 1.54) is 0 Å². The van der Waals surface area contributed by atoms with Crippen LogP contribution in [-0.4, -0.2) is 27.9 Å². The number of halogens is 1. The van der Waals surface area contributed by atoms with E-state index in [9.17, 15) is 9.59 Å². The lowest BCUT2D eigenvalue weighted by Crippen LogP contribution is -2.15. The first-order chi connectivity index (χ1) is 17.8. The van der Waals surface area contributed by atoms with E-state index in [1.54, 1.807) is 30.3 Å². The molecule has 2 aromatic heterocycles. The molecule has 0 fully saturated rings. The summed E-state index contributed by atoms with van der Waals surface area (Å²) in [5.41, 5.74) is 7.49. The molecule has 0 atom stereocenters. The number of ether oxygens (including phenoxy) is 1. The predicted molar refractivity (Wildman–Crippen MR) is 149 cm³/mol. The molecule has 0 unspecified atom stereocenters. The third-order valence-corrected chi connectivity index (χ3v) is 6.91. The average Bonchev–Trinajstić information content (AvgIpc) is 3.24. The fourth-order valence-electron chi connectivity index (χ4n) is 4.44. The normalized spacial score (nSPS) is 11.0. The lowest BCUT2D eigenvalue weighted by Gasteiger charge is -2.12. The summed E-state index contributed by atoms with van der Waals surface area (Å²) in [6, 6.07) is 26.8. The first kappa shape index (κ1) is 24.7. The summed E-state index contributed by atoms with van der Waals surface area (Å²) in [5.74, 6) is -0.818. The molecule has 2 heterocycles. The monoisotopic (exact) mass is 552 g/mol. The van der Waals surface area contributed by atoms with E-state index >= 15 is 0 Å². The van der Waals surface area contributed by atoms with E-state index in [-0.39, 0.29) is 12.4 Å². The van der Waals surface area contributed by atoms with Crippen LogP contribution >= 0.6 is 15.9 Å². The van der Waals surface area contributed by atoms with Crippen molar-refractivity contribution in [3.63, 3.8) is 0 Å². The molecule has 37 heavy (non-hydrogen) atoms. The van der Waals surface area contributed by atoms with E-state index in [1.807, 2.05) is 49.4 Å². The number of pyridine rings is 1. The number of carbonyl (C=O) groups is 2. The van der Waals surface area contributed by atoms with Gasteiger partial charge in [0.15, 0.2) is 12.4 Å². The van der Waals surface area contributed by atoms with Crippen molar-refractivity contribution in [1.82, 2.24) is 9.55 Å². The lowest BCUT2D eigenvalue weighted by molar-refractivity contribution is 0.0476. The molecule has 0 aliphatic rings. The number of hydrogen-bond donors (Lipinski definition) is 0. The molecule has 0 amide bonds. The Kier molecular flexibility index (Phi) is 6.76. The molecule has 184 valence electrons. The molecule has 0 saturated heterocycles. The summed E-state index contributed by atoms with van der Waals surface area (Å²) in [5, 5.41) is 0.694. The Morgan fingerprint density at radius 3 is 2.19 bits per heavy atom. The van der Waals surface area contributed by atoms with Crippen LogP contribution < -0.4 is 0 Å². The molecule has 0 aliphatic carbocycles. The predicted octanol–water partition coefficient (Wildman–Crippen LogP) is 7.42. The topological polar surface area (TPSA) is 61.2 Å². The number of esters is 1. The van der Waals surface area contributed by atoms with Crippen molar-refractivity contribution in [2.24, 2.45) is 0 Å². The van der Waals surface area contributed by atoms with Gasteiger partial charge in [-0.15, -0.1) is 0 Å². The third-order valence-electron chi connectivity index (χ3n) is 6.38. The van der Waals surface area contributed by atoms with Crippen molar-refractivity contribution < 1.29 is 14.3 Å². The number of carbonyl (C=O) groups excluding carboxylic acids is 2. The summed E-state index contributed by atoms with van der Waals surface area (Å²) in [6.45, 7) is 5.78. The Labute approximate surface area is 223 Å². The van der Waals surface area contributed by atoms with Crippen molar-refractivity contribution >= 4 is 38.6 Å². The minimum atomic E-state index is -0.556. The molecule has 5 rings (SSSR count). The highest BCUT2D eigenvalue weighted by Crippen LogP contribution is 2.28.